The van der Waals surface area contributed by atoms with Crippen LogP contribution < -0.4 is 0 Å². The monoisotopic (exact) mass is 731 g/mol. The summed E-state index contributed by atoms with van der Waals surface area (Å²) >= 11 is 0. The molecule has 3 heterocycles. The average Bonchev–Trinajstić information content (AvgIpc) is 3.45. The summed E-state index contributed by atoms with van der Waals surface area (Å²) < 4.78 is 6.08. The number of aryl methyl sites for hydroxylation is 1. The van der Waals surface area contributed by atoms with E-state index in [1.165, 1.54) is 21.7 Å². The van der Waals surface area contributed by atoms with Gasteiger partial charge < -0.3 is 14.4 Å². The van der Waals surface area contributed by atoms with Gasteiger partial charge in [-0.25, -0.2) is 0 Å². The number of pyridine rings is 2. The van der Waals surface area contributed by atoms with Crippen molar-refractivity contribution in [1.29, 1.82) is 0 Å². The largest absolute Gasteiger partial charge is 0.456 e. The van der Waals surface area contributed by atoms with Crippen molar-refractivity contribution in [2.45, 2.75) is 6.92 Å². The van der Waals surface area contributed by atoms with Gasteiger partial charge in [-0.3, -0.25) is 0 Å². The maximum Gasteiger partial charge on any atom is 0.136 e. The number of fused-ring (bicyclic) bond motifs is 5. The number of benzene rings is 5. The van der Waals surface area contributed by atoms with E-state index in [2.05, 4.69) is 88.8 Å². The third-order valence-corrected chi connectivity index (χ3v) is 7.35. The standard InChI is InChI=1S/C28H18NO.C11H8N.Ir/c1-18-12-14-25(29-17-18)20-7-4-6-19(16-20)21-9-5-10-23-22(21)13-15-27-28(23)24-8-2-3-11-26(24)30-27;1-2-6-10(7-3-1)11-8-4-5-9-12-11;/h2-6,8-17H,1H3;1-6,8-9H;/q2*-1;. The molecule has 0 aliphatic carbocycles. The van der Waals surface area contributed by atoms with Crippen LogP contribution in [0, 0.1) is 19.1 Å². The van der Waals surface area contributed by atoms with Crippen molar-refractivity contribution in [3.63, 3.8) is 0 Å². The van der Waals surface area contributed by atoms with E-state index in [0.29, 0.717) is 0 Å². The average molecular weight is 731 g/mol. The van der Waals surface area contributed by atoms with Crippen LogP contribution in [0.4, 0.5) is 0 Å². The van der Waals surface area contributed by atoms with Crippen LogP contribution >= 0.6 is 0 Å². The Morgan fingerprint density at radius 1 is 0.581 bits per heavy atom. The predicted octanol–water partition coefficient (Wildman–Crippen LogP) is 10.1. The van der Waals surface area contributed by atoms with Crippen LogP contribution in [0.3, 0.4) is 0 Å². The molecule has 0 spiro atoms. The summed E-state index contributed by atoms with van der Waals surface area (Å²) in [5.41, 5.74) is 9.30. The summed E-state index contributed by atoms with van der Waals surface area (Å²) in [6, 6.07) is 49.5. The molecule has 0 fully saturated rings. The third kappa shape index (κ3) is 5.76. The molecule has 3 nitrogen and oxygen atoms in total. The van der Waals surface area contributed by atoms with Gasteiger partial charge in [-0.05, 0) is 58.4 Å². The van der Waals surface area contributed by atoms with E-state index in [0.717, 1.165) is 50.2 Å². The van der Waals surface area contributed by atoms with E-state index in [1.807, 2.05) is 73.8 Å². The Hall–Kier alpha value is -4.89. The van der Waals surface area contributed by atoms with E-state index in [9.17, 15) is 0 Å². The summed E-state index contributed by atoms with van der Waals surface area (Å²) in [7, 11) is 0. The first-order chi connectivity index (χ1) is 20.7. The van der Waals surface area contributed by atoms with E-state index < -0.39 is 0 Å². The molecular weight excluding hydrogens is 705 g/mol. The second-order valence-corrected chi connectivity index (χ2v) is 10.1. The van der Waals surface area contributed by atoms with Gasteiger partial charge >= 0.3 is 0 Å². The zero-order valence-electron chi connectivity index (χ0n) is 23.4. The first-order valence-electron chi connectivity index (χ1n) is 13.9. The van der Waals surface area contributed by atoms with E-state index in [4.69, 9.17) is 4.42 Å². The molecule has 0 saturated carbocycles. The minimum atomic E-state index is 0. The molecule has 0 saturated heterocycles. The number of para-hydroxylation sites is 1. The van der Waals surface area contributed by atoms with Crippen molar-refractivity contribution in [1.82, 2.24) is 9.97 Å². The Balaban J connectivity index is 0.000000213. The molecule has 4 heteroatoms. The molecule has 0 aliphatic heterocycles. The number of hydrogen-bond acceptors (Lipinski definition) is 3. The Labute approximate surface area is 264 Å². The molecule has 8 rings (SSSR count). The third-order valence-electron chi connectivity index (χ3n) is 7.35. The molecule has 1 radical (unpaired) electrons. The van der Waals surface area contributed by atoms with Crippen molar-refractivity contribution in [3.8, 4) is 33.6 Å². The first kappa shape index (κ1) is 28.2. The Morgan fingerprint density at radius 2 is 1.40 bits per heavy atom. The predicted molar refractivity (Wildman–Crippen MR) is 172 cm³/mol. The zero-order chi connectivity index (χ0) is 28.3. The fraction of sp³-hybridized carbons (Fsp3) is 0.0256. The molecule has 0 N–H and O–H groups in total. The molecule has 0 aliphatic rings. The summed E-state index contributed by atoms with van der Waals surface area (Å²) in [6.07, 6.45) is 3.69. The number of furan rings is 1. The quantitative estimate of drug-likeness (QED) is 0.170. The Morgan fingerprint density at radius 3 is 2.21 bits per heavy atom. The van der Waals surface area contributed by atoms with Crippen molar-refractivity contribution < 1.29 is 24.5 Å². The van der Waals surface area contributed by atoms with Crippen molar-refractivity contribution in [2.24, 2.45) is 0 Å². The summed E-state index contributed by atoms with van der Waals surface area (Å²) in [4.78, 5) is 8.79. The van der Waals surface area contributed by atoms with Crippen molar-refractivity contribution in [2.75, 3.05) is 0 Å². The van der Waals surface area contributed by atoms with Gasteiger partial charge in [0.25, 0.3) is 0 Å². The van der Waals surface area contributed by atoms with E-state index in [1.54, 1.807) is 6.20 Å². The van der Waals surface area contributed by atoms with Gasteiger partial charge in [-0.15, -0.1) is 71.3 Å². The Kier molecular flexibility index (Phi) is 8.24. The SMILES string of the molecule is Cc1ccc(-c2[c-]ccc(-c3cccc4c3ccc3oc5ccccc5c34)c2)nc1.[Ir].[c-]1ccccc1-c1ccccn1. The van der Waals surface area contributed by atoms with Crippen molar-refractivity contribution in [3.05, 3.63) is 157 Å². The number of rotatable bonds is 3. The molecule has 0 atom stereocenters. The van der Waals surface area contributed by atoms with Crippen LogP contribution in [-0.4, -0.2) is 9.97 Å². The summed E-state index contributed by atoms with van der Waals surface area (Å²) in [6.45, 7) is 2.05. The van der Waals surface area contributed by atoms with Crippen LogP contribution in [0.15, 0.2) is 144 Å². The maximum absolute atomic E-state index is 6.08. The van der Waals surface area contributed by atoms with Gasteiger partial charge in [0.15, 0.2) is 0 Å². The topological polar surface area (TPSA) is 38.9 Å². The van der Waals surface area contributed by atoms with Crippen molar-refractivity contribution >= 4 is 32.7 Å². The number of hydrogen-bond donors (Lipinski definition) is 0. The van der Waals surface area contributed by atoms with E-state index >= 15 is 0 Å². The van der Waals surface area contributed by atoms with Gasteiger partial charge in [0, 0.05) is 43.3 Å². The molecule has 209 valence electrons. The van der Waals surface area contributed by atoms with Gasteiger partial charge in [0.05, 0.1) is 0 Å². The number of aromatic nitrogens is 2. The van der Waals surface area contributed by atoms with Gasteiger partial charge in [-0.1, -0.05) is 66.7 Å². The molecule has 0 unspecified atom stereocenters. The molecular formula is C39H26IrN2O-2. The smallest absolute Gasteiger partial charge is 0.136 e. The molecule has 0 bridgehead atoms. The Bertz CT molecular complexity index is 2100. The maximum atomic E-state index is 6.08. The molecule has 5 aromatic carbocycles. The molecule has 43 heavy (non-hydrogen) atoms. The fourth-order valence-electron chi connectivity index (χ4n) is 5.32. The second-order valence-electron chi connectivity index (χ2n) is 10.1. The van der Waals surface area contributed by atoms with Gasteiger partial charge in [0.2, 0.25) is 0 Å². The normalized spacial score (nSPS) is 10.7. The zero-order valence-corrected chi connectivity index (χ0v) is 25.8. The number of nitrogens with zero attached hydrogens (tertiary/aromatic N) is 2. The van der Waals surface area contributed by atoms with E-state index in [-0.39, 0.29) is 20.1 Å². The summed E-state index contributed by atoms with van der Waals surface area (Å²) in [5.74, 6) is 0. The molecule has 8 aromatic rings. The molecule has 0 amide bonds. The first-order valence-corrected chi connectivity index (χ1v) is 13.9. The van der Waals surface area contributed by atoms with Crippen LogP contribution in [0.25, 0.3) is 66.4 Å². The summed E-state index contributed by atoms with van der Waals surface area (Å²) in [5, 5.41) is 4.75. The van der Waals surface area contributed by atoms with Gasteiger partial charge in [-0.2, -0.15) is 0 Å². The molecule has 3 aromatic heterocycles. The second kappa shape index (κ2) is 12.5. The van der Waals surface area contributed by atoms with Crippen LogP contribution in [-0.2, 0) is 20.1 Å². The minimum absolute atomic E-state index is 0. The minimum Gasteiger partial charge on any atom is -0.456 e. The van der Waals surface area contributed by atoms with Crippen LogP contribution in [0.2, 0.25) is 0 Å². The van der Waals surface area contributed by atoms with Gasteiger partial charge in [0.1, 0.15) is 11.2 Å². The van der Waals surface area contributed by atoms with Crippen LogP contribution in [0.1, 0.15) is 5.56 Å². The van der Waals surface area contributed by atoms with Crippen LogP contribution in [0.5, 0.6) is 0 Å². The fourth-order valence-corrected chi connectivity index (χ4v) is 5.32.